The third kappa shape index (κ3) is 6.54. The lowest BCUT2D eigenvalue weighted by Gasteiger charge is -2.38. The molecule has 1 fully saturated rings. The van der Waals surface area contributed by atoms with Crippen molar-refractivity contribution in [1.29, 1.82) is 0 Å². The SMILES string of the molecule is CCOC(=O)C1=C(CN2CCCN(C(=O)NC(C)C)CC2)N(CC)C(=O)N[C@H]1c1ccc(C)cc1. The predicted molar refractivity (Wildman–Crippen MR) is 135 cm³/mol. The van der Waals surface area contributed by atoms with Crippen LogP contribution in [0.5, 0.6) is 0 Å². The summed E-state index contributed by atoms with van der Waals surface area (Å²) < 4.78 is 5.46. The Morgan fingerprint density at radius 3 is 2.46 bits per heavy atom. The molecule has 0 aromatic heterocycles. The molecule has 4 amide bonds. The fourth-order valence-electron chi connectivity index (χ4n) is 4.55. The average Bonchev–Trinajstić information content (AvgIpc) is 3.05. The number of carbonyl (C=O) groups is 3. The van der Waals surface area contributed by atoms with E-state index in [0.29, 0.717) is 44.0 Å². The molecule has 9 heteroatoms. The van der Waals surface area contributed by atoms with E-state index in [4.69, 9.17) is 4.74 Å². The monoisotopic (exact) mass is 485 g/mol. The van der Waals surface area contributed by atoms with Gasteiger partial charge in [-0.15, -0.1) is 0 Å². The van der Waals surface area contributed by atoms with Gasteiger partial charge in [0, 0.05) is 51.0 Å². The van der Waals surface area contributed by atoms with E-state index >= 15 is 0 Å². The van der Waals surface area contributed by atoms with Crippen molar-refractivity contribution in [3.05, 3.63) is 46.7 Å². The number of carbonyl (C=O) groups excluding carboxylic acids is 3. The third-order valence-corrected chi connectivity index (χ3v) is 6.32. The largest absolute Gasteiger partial charge is 0.463 e. The van der Waals surface area contributed by atoms with E-state index < -0.39 is 12.0 Å². The molecule has 2 N–H and O–H groups in total. The summed E-state index contributed by atoms with van der Waals surface area (Å²) in [6, 6.07) is 7.04. The Labute approximate surface area is 208 Å². The van der Waals surface area contributed by atoms with E-state index in [9.17, 15) is 14.4 Å². The van der Waals surface area contributed by atoms with Crippen LogP contribution in [0.25, 0.3) is 0 Å². The van der Waals surface area contributed by atoms with Gasteiger partial charge in [-0.1, -0.05) is 29.8 Å². The lowest BCUT2D eigenvalue weighted by Crippen LogP contribution is -2.51. The minimum absolute atomic E-state index is 0.0556. The number of nitrogens with zero attached hydrogens (tertiary/aromatic N) is 3. The van der Waals surface area contributed by atoms with Crippen molar-refractivity contribution in [2.24, 2.45) is 0 Å². The normalized spacial score (nSPS) is 19.5. The summed E-state index contributed by atoms with van der Waals surface area (Å²) in [5, 5.41) is 5.97. The predicted octanol–water partition coefficient (Wildman–Crippen LogP) is 3.02. The lowest BCUT2D eigenvalue weighted by molar-refractivity contribution is -0.139. The van der Waals surface area contributed by atoms with Gasteiger partial charge in [-0.05, 0) is 46.6 Å². The molecule has 0 unspecified atom stereocenters. The van der Waals surface area contributed by atoms with E-state index in [2.05, 4.69) is 15.5 Å². The number of rotatable bonds is 7. The zero-order valence-electron chi connectivity index (χ0n) is 21.6. The maximum absolute atomic E-state index is 13.2. The van der Waals surface area contributed by atoms with Gasteiger partial charge >= 0.3 is 18.0 Å². The van der Waals surface area contributed by atoms with Crippen molar-refractivity contribution in [2.75, 3.05) is 45.9 Å². The van der Waals surface area contributed by atoms with Gasteiger partial charge in [-0.2, -0.15) is 0 Å². The highest BCUT2D eigenvalue weighted by molar-refractivity contribution is 5.95. The summed E-state index contributed by atoms with van der Waals surface area (Å²) in [7, 11) is 0. The number of esters is 1. The van der Waals surface area contributed by atoms with Crippen LogP contribution in [-0.4, -0.2) is 84.6 Å². The van der Waals surface area contributed by atoms with Crippen LogP contribution in [0.2, 0.25) is 0 Å². The first-order valence-electron chi connectivity index (χ1n) is 12.6. The van der Waals surface area contributed by atoms with Crippen LogP contribution >= 0.6 is 0 Å². The first-order chi connectivity index (χ1) is 16.7. The van der Waals surface area contributed by atoms with Crippen LogP contribution in [-0.2, 0) is 9.53 Å². The van der Waals surface area contributed by atoms with E-state index in [1.165, 1.54) is 0 Å². The van der Waals surface area contributed by atoms with Crippen molar-refractivity contribution < 1.29 is 19.1 Å². The first kappa shape index (κ1) is 26.5. The second kappa shape index (κ2) is 12.1. The van der Waals surface area contributed by atoms with E-state index in [0.717, 1.165) is 24.1 Å². The topological polar surface area (TPSA) is 94.2 Å². The Morgan fingerprint density at radius 2 is 1.83 bits per heavy atom. The van der Waals surface area contributed by atoms with E-state index in [1.54, 1.807) is 11.8 Å². The third-order valence-electron chi connectivity index (χ3n) is 6.32. The summed E-state index contributed by atoms with van der Waals surface area (Å²) in [5.74, 6) is -0.417. The molecule has 1 aromatic carbocycles. The Balaban J connectivity index is 1.92. The smallest absolute Gasteiger partial charge is 0.338 e. The molecule has 0 spiro atoms. The number of nitrogens with one attached hydrogen (secondary N) is 2. The summed E-state index contributed by atoms with van der Waals surface area (Å²) in [6.07, 6.45) is 0.813. The highest BCUT2D eigenvalue weighted by Crippen LogP contribution is 2.32. The maximum Gasteiger partial charge on any atom is 0.338 e. The Bertz CT molecular complexity index is 944. The molecule has 3 rings (SSSR count). The standard InChI is InChI=1S/C26H39N5O4/c1-6-31-21(17-29-13-8-14-30(16-15-29)25(33)27-18(3)4)22(24(32)35-7-2)23(28-26(31)34)20-11-9-19(5)10-12-20/h9-12,18,23H,6-8,13-17H2,1-5H3,(H,27,33)(H,28,34)/t23-/m0/s1. The van der Waals surface area contributed by atoms with Gasteiger partial charge < -0.3 is 20.3 Å². The van der Waals surface area contributed by atoms with Crippen LogP contribution in [0.3, 0.4) is 0 Å². The number of hydrogen-bond acceptors (Lipinski definition) is 5. The Hall–Kier alpha value is -3.07. The second-order valence-electron chi connectivity index (χ2n) is 9.34. The van der Waals surface area contributed by atoms with Crippen LogP contribution in [0.4, 0.5) is 9.59 Å². The lowest BCUT2D eigenvalue weighted by atomic mass is 9.93. The van der Waals surface area contributed by atoms with Gasteiger partial charge in [-0.3, -0.25) is 9.80 Å². The van der Waals surface area contributed by atoms with E-state index in [1.807, 2.05) is 56.9 Å². The minimum Gasteiger partial charge on any atom is -0.463 e. The molecular formula is C26H39N5O4. The molecule has 2 aliphatic heterocycles. The van der Waals surface area contributed by atoms with E-state index in [-0.39, 0.29) is 24.7 Å². The number of urea groups is 2. The minimum atomic E-state index is -0.583. The molecule has 0 bridgehead atoms. The number of likely N-dealkylation sites (N-methyl/N-ethyl adjacent to an activating group) is 1. The number of ether oxygens (including phenoxy) is 1. The van der Waals surface area contributed by atoms with Crippen LogP contribution in [0.1, 0.15) is 51.3 Å². The molecule has 0 saturated carbocycles. The number of benzene rings is 1. The zero-order valence-corrected chi connectivity index (χ0v) is 21.6. The molecule has 1 saturated heterocycles. The fraction of sp³-hybridized carbons (Fsp3) is 0.577. The molecule has 0 radical (unpaired) electrons. The van der Waals surface area contributed by atoms with Crippen molar-refractivity contribution in [3.63, 3.8) is 0 Å². The second-order valence-corrected chi connectivity index (χ2v) is 9.34. The van der Waals surface area contributed by atoms with Crippen LogP contribution in [0, 0.1) is 6.92 Å². The zero-order chi connectivity index (χ0) is 25.5. The van der Waals surface area contributed by atoms with Gasteiger partial charge in [0.1, 0.15) is 0 Å². The summed E-state index contributed by atoms with van der Waals surface area (Å²) >= 11 is 0. The number of aryl methyl sites for hydroxylation is 1. The summed E-state index contributed by atoms with van der Waals surface area (Å²) in [4.78, 5) is 44.5. The maximum atomic E-state index is 13.2. The summed E-state index contributed by atoms with van der Waals surface area (Å²) in [6.45, 7) is 13.4. The molecule has 35 heavy (non-hydrogen) atoms. The van der Waals surface area contributed by atoms with Gasteiger partial charge in [0.25, 0.3) is 0 Å². The number of hydrogen-bond donors (Lipinski definition) is 2. The fourth-order valence-corrected chi connectivity index (χ4v) is 4.55. The molecule has 9 nitrogen and oxygen atoms in total. The highest BCUT2D eigenvalue weighted by Gasteiger charge is 2.38. The Morgan fingerprint density at radius 1 is 1.11 bits per heavy atom. The molecule has 0 aliphatic carbocycles. The molecule has 2 heterocycles. The molecule has 1 atom stereocenters. The summed E-state index contributed by atoms with van der Waals surface area (Å²) in [5.41, 5.74) is 3.08. The molecule has 192 valence electrons. The quantitative estimate of drug-likeness (QED) is 0.579. The Kier molecular flexibility index (Phi) is 9.14. The van der Waals surface area contributed by atoms with Gasteiger partial charge in [0.15, 0.2) is 0 Å². The van der Waals surface area contributed by atoms with Gasteiger partial charge in [0.05, 0.1) is 18.2 Å². The highest BCUT2D eigenvalue weighted by atomic mass is 16.5. The number of amides is 4. The van der Waals surface area contributed by atoms with Crippen molar-refractivity contribution in [1.82, 2.24) is 25.3 Å². The molecule has 2 aliphatic rings. The van der Waals surface area contributed by atoms with Crippen molar-refractivity contribution >= 4 is 18.0 Å². The van der Waals surface area contributed by atoms with Gasteiger partial charge in [-0.25, -0.2) is 14.4 Å². The van der Waals surface area contributed by atoms with Crippen molar-refractivity contribution in [3.8, 4) is 0 Å². The van der Waals surface area contributed by atoms with Crippen LogP contribution < -0.4 is 10.6 Å². The van der Waals surface area contributed by atoms with Crippen LogP contribution in [0.15, 0.2) is 35.5 Å². The van der Waals surface area contributed by atoms with Crippen molar-refractivity contribution in [2.45, 2.75) is 53.1 Å². The molecule has 1 aromatic rings. The average molecular weight is 486 g/mol. The molecular weight excluding hydrogens is 446 g/mol. The van der Waals surface area contributed by atoms with Gasteiger partial charge in [0.2, 0.25) is 0 Å². The first-order valence-corrected chi connectivity index (χ1v) is 12.6.